The quantitative estimate of drug-likeness (QED) is 0.299. The number of hydrogen-bond donors (Lipinski definition) is 6. The van der Waals surface area contributed by atoms with Gasteiger partial charge in [0.15, 0.2) is 0 Å². The second kappa shape index (κ2) is 3.93. The molecule has 5 nitrogen and oxygen atoms in total. The predicted molar refractivity (Wildman–Crippen MR) is 50.4 cm³/mol. The van der Waals surface area contributed by atoms with Gasteiger partial charge in [0.1, 0.15) is 27.8 Å². The Morgan fingerprint density at radius 1 is 1.38 bits per heavy atom. The smallest absolute Gasteiger partial charge is 0.129 e. The summed E-state index contributed by atoms with van der Waals surface area (Å²) < 4.78 is -1.42. The minimum atomic E-state index is -1.42. The van der Waals surface area contributed by atoms with E-state index >= 15 is 0 Å². The second-order valence-electron chi connectivity index (χ2n) is 2.89. The average Bonchev–Trinajstić information content (AvgIpc) is 2.30. The molecule has 13 heavy (non-hydrogen) atoms. The summed E-state index contributed by atoms with van der Waals surface area (Å²) in [5.41, 5.74) is -1.20. The molecule has 0 radical (unpaired) electrons. The molecule has 0 unspecified atom stereocenters. The van der Waals surface area contributed by atoms with Gasteiger partial charge in [-0.1, -0.05) is 0 Å². The highest BCUT2D eigenvalue weighted by molar-refractivity contribution is 8.12. The predicted octanol–water partition coefficient (Wildman–Crippen LogP) is -2.25. The van der Waals surface area contributed by atoms with E-state index in [9.17, 15) is 15.3 Å². The topological polar surface area (TPSA) is 101 Å². The minimum Gasteiger partial charge on any atom is -0.394 e. The van der Waals surface area contributed by atoms with Gasteiger partial charge in [0.05, 0.1) is 6.61 Å². The van der Waals surface area contributed by atoms with E-state index in [1.54, 1.807) is 0 Å². The Labute approximate surface area is 84.8 Å². The molecular weight excluding hydrogens is 216 g/mol. The third-order valence-electron chi connectivity index (χ3n) is 2.00. The van der Waals surface area contributed by atoms with Gasteiger partial charge < -0.3 is 25.5 Å². The largest absolute Gasteiger partial charge is 0.394 e. The fourth-order valence-electron chi connectivity index (χ4n) is 1.14. The first kappa shape index (κ1) is 11.6. The fourth-order valence-corrected chi connectivity index (χ4v) is 2.88. The zero-order valence-corrected chi connectivity index (χ0v) is 8.32. The summed E-state index contributed by atoms with van der Waals surface area (Å²) in [4.78, 5) is 0. The first-order valence-corrected chi connectivity index (χ1v) is 4.99. The van der Waals surface area contributed by atoms with Crippen molar-refractivity contribution in [1.29, 1.82) is 0 Å². The summed E-state index contributed by atoms with van der Waals surface area (Å²) in [6, 6.07) is 0. The number of hydrogen-bond acceptors (Lipinski definition) is 7. The molecule has 1 rings (SSSR count). The molecule has 0 aromatic carbocycles. The van der Waals surface area contributed by atoms with Crippen LogP contribution in [0, 0.1) is 0 Å². The standard InChI is InChI=1S/C6H12O5S2/c7-1-2(8)6(12)4(10)3(9)5(11)13-6/h2-5,7-12H,1H2/t2-,3+,4+,5-,6+/m0/s1. The molecule has 5 atom stereocenters. The van der Waals surface area contributed by atoms with Gasteiger partial charge in [-0.05, 0) is 0 Å². The van der Waals surface area contributed by atoms with Crippen molar-refractivity contribution < 1.29 is 25.5 Å². The molecule has 1 saturated heterocycles. The highest BCUT2D eigenvalue weighted by Crippen LogP contribution is 2.47. The van der Waals surface area contributed by atoms with Crippen molar-refractivity contribution in [2.75, 3.05) is 6.61 Å². The molecule has 1 aliphatic rings. The maximum Gasteiger partial charge on any atom is 0.129 e. The van der Waals surface area contributed by atoms with Crippen LogP contribution in [-0.2, 0) is 0 Å². The first-order chi connectivity index (χ1) is 5.93. The summed E-state index contributed by atoms with van der Waals surface area (Å²) in [6.45, 7) is -0.590. The van der Waals surface area contributed by atoms with Crippen molar-refractivity contribution in [2.45, 2.75) is 27.8 Å². The van der Waals surface area contributed by atoms with Crippen molar-refractivity contribution in [1.82, 2.24) is 0 Å². The van der Waals surface area contributed by atoms with Crippen molar-refractivity contribution in [2.24, 2.45) is 0 Å². The molecule has 1 fully saturated rings. The molecule has 0 bridgehead atoms. The van der Waals surface area contributed by atoms with Gasteiger partial charge >= 0.3 is 0 Å². The molecule has 0 aromatic rings. The van der Waals surface area contributed by atoms with Crippen molar-refractivity contribution in [3.05, 3.63) is 0 Å². The lowest BCUT2D eigenvalue weighted by atomic mass is 10.1. The SMILES string of the molecule is OC[C@H](O)[C@@]1(S)S[C@H](O)[C@H](O)[C@H]1O. The normalized spacial score (nSPS) is 48.0. The summed E-state index contributed by atoms with van der Waals surface area (Å²) in [6.07, 6.45) is -4.04. The third-order valence-corrected chi connectivity index (χ3v) is 4.29. The lowest BCUT2D eigenvalue weighted by Gasteiger charge is -2.30. The molecule has 5 N–H and O–H groups in total. The van der Waals surface area contributed by atoms with Crippen LogP contribution in [0.3, 0.4) is 0 Å². The van der Waals surface area contributed by atoms with Gasteiger partial charge in [-0.25, -0.2) is 0 Å². The Morgan fingerprint density at radius 2 is 1.92 bits per heavy atom. The van der Waals surface area contributed by atoms with Gasteiger partial charge in [0.2, 0.25) is 0 Å². The molecule has 7 heteroatoms. The van der Waals surface area contributed by atoms with E-state index in [2.05, 4.69) is 12.6 Å². The molecule has 0 spiro atoms. The maximum absolute atomic E-state index is 9.41. The van der Waals surface area contributed by atoms with Crippen LogP contribution in [0.2, 0.25) is 0 Å². The zero-order valence-electron chi connectivity index (χ0n) is 6.61. The van der Waals surface area contributed by atoms with E-state index in [4.69, 9.17) is 10.2 Å². The van der Waals surface area contributed by atoms with Crippen LogP contribution >= 0.6 is 24.4 Å². The number of aliphatic hydroxyl groups is 5. The average molecular weight is 228 g/mol. The third kappa shape index (κ3) is 1.82. The van der Waals surface area contributed by atoms with Crippen molar-refractivity contribution >= 4 is 24.4 Å². The number of thiol groups is 1. The highest BCUT2D eigenvalue weighted by atomic mass is 32.2. The van der Waals surface area contributed by atoms with E-state index in [1.165, 1.54) is 0 Å². The molecule has 78 valence electrons. The highest BCUT2D eigenvalue weighted by Gasteiger charge is 2.54. The summed E-state index contributed by atoms with van der Waals surface area (Å²) in [5.74, 6) is 0. The van der Waals surface area contributed by atoms with E-state index in [1.807, 2.05) is 0 Å². The molecule has 0 aliphatic carbocycles. The summed E-state index contributed by atoms with van der Waals surface area (Å²) >= 11 is 4.68. The lowest BCUT2D eigenvalue weighted by Crippen LogP contribution is -2.47. The fraction of sp³-hybridized carbons (Fsp3) is 1.00. The Balaban J connectivity index is 2.80. The van der Waals surface area contributed by atoms with Crippen LogP contribution in [0.25, 0.3) is 0 Å². The monoisotopic (exact) mass is 228 g/mol. The first-order valence-electron chi connectivity index (χ1n) is 3.66. The van der Waals surface area contributed by atoms with Crippen LogP contribution in [0.5, 0.6) is 0 Å². The maximum atomic E-state index is 9.41. The van der Waals surface area contributed by atoms with E-state index in [-0.39, 0.29) is 0 Å². The van der Waals surface area contributed by atoms with Crippen molar-refractivity contribution in [3.63, 3.8) is 0 Å². The van der Waals surface area contributed by atoms with Crippen LogP contribution < -0.4 is 0 Å². The Hall–Kier alpha value is 0.500. The van der Waals surface area contributed by atoms with Crippen molar-refractivity contribution in [3.8, 4) is 0 Å². The molecule has 0 aromatic heterocycles. The zero-order chi connectivity index (χ0) is 10.2. The van der Waals surface area contributed by atoms with E-state index < -0.39 is 34.4 Å². The van der Waals surface area contributed by atoms with Crippen LogP contribution in [0.15, 0.2) is 0 Å². The molecule has 1 aliphatic heterocycles. The lowest BCUT2D eigenvalue weighted by molar-refractivity contribution is -0.0395. The van der Waals surface area contributed by atoms with Gasteiger partial charge in [0.25, 0.3) is 0 Å². The van der Waals surface area contributed by atoms with Crippen LogP contribution in [0.4, 0.5) is 0 Å². The molecule has 1 heterocycles. The number of thioether (sulfide) groups is 1. The summed E-state index contributed by atoms with van der Waals surface area (Å²) in [7, 11) is 0. The van der Waals surface area contributed by atoms with Gasteiger partial charge in [-0.2, -0.15) is 12.6 Å². The van der Waals surface area contributed by atoms with Gasteiger partial charge in [-0.3, -0.25) is 0 Å². The Bertz CT molecular complexity index is 192. The number of rotatable bonds is 2. The summed E-state index contributed by atoms with van der Waals surface area (Å²) in [5, 5.41) is 45.7. The number of aliphatic hydroxyl groups excluding tert-OH is 5. The van der Waals surface area contributed by atoms with Gasteiger partial charge in [-0.15, -0.1) is 11.8 Å². The molecule has 0 saturated carbocycles. The molecular formula is C6H12O5S2. The molecule has 0 amide bonds. The van der Waals surface area contributed by atoms with Crippen LogP contribution in [-0.4, -0.2) is 60.0 Å². The Kier molecular flexibility index (Phi) is 3.50. The second-order valence-corrected chi connectivity index (χ2v) is 5.33. The van der Waals surface area contributed by atoms with E-state index in [0.717, 1.165) is 11.8 Å². The van der Waals surface area contributed by atoms with E-state index in [0.29, 0.717) is 0 Å². The van der Waals surface area contributed by atoms with Crippen LogP contribution in [0.1, 0.15) is 0 Å². The minimum absolute atomic E-state index is 0.590. The van der Waals surface area contributed by atoms with Gasteiger partial charge in [0, 0.05) is 0 Å². The Morgan fingerprint density at radius 3 is 2.23 bits per heavy atom.